The lowest BCUT2D eigenvalue weighted by Gasteiger charge is -2.25. The molecule has 1 amide bonds. The number of fused-ring (bicyclic) bond motifs is 1. The first kappa shape index (κ1) is 14.3. The minimum Gasteiger partial charge on any atom is -0.465 e. The van der Waals surface area contributed by atoms with Crippen molar-refractivity contribution in [2.75, 3.05) is 5.32 Å². The van der Waals surface area contributed by atoms with Gasteiger partial charge in [0.25, 0.3) is 0 Å². The molecule has 0 fully saturated rings. The van der Waals surface area contributed by atoms with Crippen molar-refractivity contribution in [1.82, 2.24) is 0 Å². The number of nitrogens with two attached hydrogens (primary N) is 2. The van der Waals surface area contributed by atoms with Crippen molar-refractivity contribution in [3.05, 3.63) is 29.8 Å². The largest absolute Gasteiger partial charge is 0.465 e. The van der Waals surface area contributed by atoms with E-state index in [1.54, 1.807) is 0 Å². The molecule has 0 aliphatic carbocycles. The van der Waals surface area contributed by atoms with Crippen molar-refractivity contribution in [1.29, 1.82) is 0 Å². The Kier molecular flexibility index (Phi) is 4.51. The van der Waals surface area contributed by atoms with Crippen molar-refractivity contribution in [3.63, 3.8) is 0 Å². The summed E-state index contributed by atoms with van der Waals surface area (Å²) in [6, 6.07) is 7.67. The second-order valence-electron chi connectivity index (χ2n) is 3.76. The fourth-order valence-electron chi connectivity index (χ4n) is 1.66. The van der Waals surface area contributed by atoms with Gasteiger partial charge in [-0.25, -0.2) is 18.4 Å². The van der Waals surface area contributed by atoms with E-state index in [1.165, 1.54) is 0 Å². The molecule has 1 heterocycles. The van der Waals surface area contributed by atoms with Crippen LogP contribution in [-0.4, -0.2) is 25.0 Å². The monoisotopic (exact) mass is 273 g/mol. The summed E-state index contributed by atoms with van der Waals surface area (Å²) >= 11 is 0. The summed E-state index contributed by atoms with van der Waals surface area (Å²) in [5.74, 6) is 0. The molecular formula is C10H15N3O4S. The maximum Gasteiger partial charge on any atom is 0.402 e. The van der Waals surface area contributed by atoms with E-state index in [0.29, 0.717) is 6.42 Å². The van der Waals surface area contributed by atoms with Crippen LogP contribution in [0.3, 0.4) is 0 Å². The van der Waals surface area contributed by atoms with Gasteiger partial charge >= 0.3 is 6.09 Å². The molecule has 1 atom stereocenters. The third-order valence-corrected chi connectivity index (χ3v) is 3.55. The van der Waals surface area contributed by atoms with Gasteiger partial charge < -0.3 is 16.2 Å². The normalized spacial score (nSPS) is 17.7. The van der Waals surface area contributed by atoms with Gasteiger partial charge in [0, 0.05) is 5.69 Å². The lowest BCUT2D eigenvalue weighted by atomic mass is 10.0. The number of primary amides is 1. The molecule has 7 nitrogen and oxygen atoms in total. The Labute approximate surface area is 105 Å². The van der Waals surface area contributed by atoms with Crippen molar-refractivity contribution in [2.24, 2.45) is 10.9 Å². The minimum atomic E-state index is -3.48. The van der Waals surface area contributed by atoms with Gasteiger partial charge in [-0.2, -0.15) is 0 Å². The maximum atomic E-state index is 11.1. The van der Waals surface area contributed by atoms with Crippen LogP contribution in [0.25, 0.3) is 0 Å². The number of nitrogens with one attached hydrogen (secondary N) is 1. The van der Waals surface area contributed by atoms with E-state index in [-0.39, 0.29) is 0 Å². The molecule has 1 aromatic carbocycles. The third kappa shape index (κ3) is 4.22. The van der Waals surface area contributed by atoms with Gasteiger partial charge in [0.1, 0.15) is 5.37 Å². The van der Waals surface area contributed by atoms with Crippen molar-refractivity contribution < 1.29 is 18.3 Å². The number of benzene rings is 1. The third-order valence-electron chi connectivity index (χ3n) is 2.41. The van der Waals surface area contributed by atoms with E-state index in [4.69, 9.17) is 15.0 Å². The van der Waals surface area contributed by atoms with E-state index in [1.807, 2.05) is 24.3 Å². The predicted octanol–water partition coefficient (Wildman–Crippen LogP) is 0.282. The zero-order chi connectivity index (χ0) is 13.8. The summed E-state index contributed by atoms with van der Waals surface area (Å²) in [5.41, 5.74) is 6.05. The standard InChI is InChI=1S/C9H12N2O2S.CH3NO2/c10-14(12,13)9-6-5-7-3-1-2-4-8(7)11-9;2-1(3)4/h1-4,9,11H,5-6H2,(H2,10,12,13);2H2,(H,3,4). The van der Waals surface area contributed by atoms with Crippen LogP contribution in [0.5, 0.6) is 0 Å². The van der Waals surface area contributed by atoms with E-state index in [0.717, 1.165) is 17.7 Å². The van der Waals surface area contributed by atoms with Crippen LogP contribution >= 0.6 is 0 Å². The average Bonchev–Trinajstić information content (AvgIpc) is 2.26. The lowest BCUT2D eigenvalue weighted by molar-refractivity contribution is 0.205. The van der Waals surface area contributed by atoms with Crippen LogP contribution in [0.15, 0.2) is 24.3 Å². The summed E-state index contributed by atoms with van der Waals surface area (Å²) in [6.07, 6.45) is -0.0416. The number of para-hydroxylation sites is 1. The number of sulfonamides is 1. The Balaban J connectivity index is 0.000000357. The second-order valence-corrected chi connectivity index (χ2v) is 5.50. The number of hydrogen-bond donors (Lipinski definition) is 4. The smallest absolute Gasteiger partial charge is 0.402 e. The number of rotatable bonds is 1. The topological polar surface area (TPSA) is 136 Å². The number of amides is 1. The molecule has 1 aliphatic heterocycles. The average molecular weight is 273 g/mol. The molecule has 8 heteroatoms. The molecule has 2 rings (SSSR count). The lowest BCUT2D eigenvalue weighted by Crippen LogP contribution is -2.37. The highest BCUT2D eigenvalue weighted by atomic mass is 32.2. The molecule has 6 N–H and O–H groups in total. The molecule has 18 heavy (non-hydrogen) atoms. The molecule has 0 saturated heterocycles. The molecule has 1 aromatic rings. The molecular weight excluding hydrogens is 258 g/mol. The first-order valence-electron chi connectivity index (χ1n) is 5.15. The highest BCUT2D eigenvalue weighted by Crippen LogP contribution is 2.25. The molecule has 0 saturated carbocycles. The van der Waals surface area contributed by atoms with Crippen LogP contribution < -0.4 is 16.2 Å². The summed E-state index contributed by atoms with van der Waals surface area (Å²) in [5, 5.41) is 14.6. The SMILES string of the molecule is NC(=O)O.NS(=O)(=O)C1CCc2ccccc2N1. The Morgan fingerprint density at radius 3 is 2.50 bits per heavy atom. The van der Waals surface area contributed by atoms with Crippen LogP contribution in [0.2, 0.25) is 0 Å². The van der Waals surface area contributed by atoms with Gasteiger partial charge in [0.2, 0.25) is 10.0 Å². The number of anilines is 1. The summed E-state index contributed by atoms with van der Waals surface area (Å²) in [6.45, 7) is 0. The highest BCUT2D eigenvalue weighted by molar-refractivity contribution is 7.89. The second kappa shape index (κ2) is 5.69. The Morgan fingerprint density at radius 1 is 1.39 bits per heavy atom. The highest BCUT2D eigenvalue weighted by Gasteiger charge is 2.25. The summed E-state index contributed by atoms with van der Waals surface area (Å²) in [4.78, 5) is 8.78. The number of hydrogen-bond acceptors (Lipinski definition) is 4. The van der Waals surface area contributed by atoms with E-state index in [9.17, 15) is 8.42 Å². The van der Waals surface area contributed by atoms with Crippen LogP contribution in [0.4, 0.5) is 10.5 Å². The van der Waals surface area contributed by atoms with E-state index < -0.39 is 21.5 Å². The first-order chi connectivity index (χ1) is 8.30. The van der Waals surface area contributed by atoms with Crippen LogP contribution in [-0.2, 0) is 16.4 Å². The van der Waals surface area contributed by atoms with Crippen molar-refractivity contribution in [2.45, 2.75) is 18.2 Å². The summed E-state index contributed by atoms with van der Waals surface area (Å²) in [7, 11) is -3.48. The number of carboxylic acid groups (broad SMARTS) is 1. The van der Waals surface area contributed by atoms with Gasteiger partial charge in [0.15, 0.2) is 0 Å². The fourth-order valence-corrected chi connectivity index (χ4v) is 2.40. The van der Waals surface area contributed by atoms with Crippen LogP contribution in [0, 0.1) is 0 Å². The maximum absolute atomic E-state index is 11.1. The van der Waals surface area contributed by atoms with Crippen molar-refractivity contribution >= 4 is 21.8 Å². The quantitative estimate of drug-likeness (QED) is 0.582. The minimum absolute atomic E-state index is 0.538. The van der Waals surface area contributed by atoms with Crippen LogP contribution in [0.1, 0.15) is 12.0 Å². The fraction of sp³-hybridized carbons (Fsp3) is 0.300. The molecule has 1 unspecified atom stereocenters. The van der Waals surface area contributed by atoms with Gasteiger partial charge in [-0.1, -0.05) is 18.2 Å². The molecule has 0 spiro atoms. The van der Waals surface area contributed by atoms with Gasteiger partial charge in [-0.15, -0.1) is 0 Å². The summed E-state index contributed by atoms with van der Waals surface area (Å²) < 4.78 is 22.2. The Hall–Kier alpha value is -1.80. The van der Waals surface area contributed by atoms with Crippen molar-refractivity contribution in [3.8, 4) is 0 Å². The predicted molar refractivity (Wildman–Crippen MR) is 67.5 cm³/mol. The van der Waals surface area contributed by atoms with Gasteiger partial charge in [-0.3, -0.25) is 0 Å². The Bertz CT molecular complexity index is 526. The number of carbonyl (C=O) groups is 1. The number of primary sulfonamides is 1. The zero-order valence-corrected chi connectivity index (χ0v) is 10.4. The molecule has 100 valence electrons. The Morgan fingerprint density at radius 2 is 1.94 bits per heavy atom. The number of aryl methyl sites for hydroxylation is 1. The molecule has 0 aromatic heterocycles. The first-order valence-corrected chi connectivity index (χ1v) is 6.76. The zero-order valence-electron chi connectivity index (χ0n) is 9.54. The molecule has 1 aliphatic rings. The van der Waals surface area contributed by atoms with E-state index in [2.05, 4.69) is 11.1 Å². The van der Waals surface area contributed by atoms with E-state index >= 15 is 0 Å². The van der Waals surface area contributed by atoms with Gasteiger partial charge in [-0.05, 0) is 24.5 Å². The molecule has 0 radical (unpaired) electrons. The van der Waals surface area contributed by atoms with Gasteiger partial charge in [0.05, 0.1) is 0 Å². The molecule has 0 bridgehead atoms.